The van der Waals surface area contributed by atoms with Crippen molar-refractivity contribution in [2.75, 3.05) is 0 Å². The molecule has 0 nitrogen and oxygen atoms in total. The lowest BCUT2D eigenvalue weighted by molar-refractivity contribution is 0.890. The monoisotopic (exact) mass is 272 g/mol. The molecule has 1 aromatic heterocycles. The SMILES string of the molecule is C=CC(/C=C/CC)=C\C(=C/C)c1ccc(C(C)C)s1. The van der Waals surface area contributed by atoms with Gasteiger partial charge < -0.3 is 0 Å². The van der Waals surface area contributed by atoms with Crippen LogP contribution >= 0.6 is 11.3 Å². The van der Waals surface area contributed by atoms with Crippen molar-refractivity contribution >= 4 is 16.9 Å². The lowest BCUT2D eigenvalue weighted by atomic mass is 10.1. The summed E-state index contributed by atoms with van der Waals surface area (Å²) in [5.41, 5.74) is 2.43. The maximum atomic E-state index is 3.89. The number of thiophene rings is 1. The minimum absolute atomic E-state index is 0.597. The zero-order valence-electron chi connectivity index (χ0n) is 12.4. The van der Waals surface area contributed by atoms with E-state index in [2.05, 4.69) is 70.7 Å². The highest BCUT2D eigenvalue weighted by Crippen LogP contribution is 2.30. The van der Waals surface area contributed by atoms with Crippen molar-refractivity contribution in [1.29, 1.82) is 0 Å². The zero-order valence-corrected chi connectivity index (χ0v) is 13.3. The van der Waals surface area contributed by atoms with E-state index in [1.165, 1.54) is 15.3 Å². The Kier molecular flexibility index (Phi) is 6.58. The van der Waals surface area contributed by atoms with Gasteiger partial charge in [0.15, 0.2) is 0 Å². The molecule has 0 spiro atoms. The first-order chi connectivity index (χ1) is 9.12. The normalized spacial score (nSPS) is 13.5. The average Bonchev–Trinajstić information content (AvgIpc) is 2.89. The van der Waals surface area contributed by atoms with E-state index in [4.69, 9.17) is 0 Å². The summed E-state index contributed by atoms with van der Waals surface area (Å²) in [5.74, 6) is 0.597. The summed E-state index contributed by atoms with van der Waals surface area (Å²) < 4.78 is 0. The molecule has 1 heteroatoms. The van der Waals surface area contributed by atoms with Crippen molar-refractivity contribution in [3.05, 3.63) is 64.4 Å². The molecule has 0 amide bonds. The van der Waals surface area contributed by atoms with Crippen LogP contribution in [-0.2, 0) is 0 Å². The third-order valence-electron chi connectivity index (χ3n) is 2.90. The predicted octanol–water partition coefficient (Wildman–Crippen LogP) is 6.35. The Morgan fingerprint density at radius 1 is 1.37 bits per heavy atom. The molecule has 0 aromatic carbocycles. The Morgan fingerprint density at radius 2 is 2.11 bits per heavy atom. The van der Waals surface area contributed by atoms with Crippen LogP contribution in [0, 0.1) is 0 Å². The molecule has 102 valence electrons. The van der Waals surface area contributed by atoms with Crippen LogP contribution in [0.3, 0.4) is 0 Å². The van der Waals surface area contributed by atoms with Crippen molar-refractivity contribution in [2.45, 2.75) is 40.0 Å². The van der Waals surface area contributed by atoms with E-state index in [1.807, 2.05) is 17.4 Å². The lowest BCUT2D eigenvalue weighted by Crippen LogP contribution is -1.79. The van der Waals surface area contributed by atoms with Crippen LogP contribution in [-0.4, -0.2) is 0 Å². The molecule has 1 aromatic rings. The van der Waals surface area contributed by atoms with E-state index in [1.54, 1.807) is 0 Å². The summed E-state index contributed by atoms with van der Waals surface area (Å²) in [6.07, 6.45) is 11.6. The van der Waals surface area contributed by atoms with E-state index in [-0.39, 0.29) is 0 Å². The molecule has 0 unspecified atom stereocenters. The Morgan fingerprint density at radius 3 is 2.58 bits per heavy atom. The van der Waals surface area contributed by atoms with E-state index >= 15 is 0 Å². The minimum Gasteiger partial charge on any atom is -0.140 e. The van der Waals surface area contributed by atoms with Crippen LogP contribution in [0.5, 0.6) is 0 Å². The van der Waals surface area contributed by atoms with Gasteiger partial charge in [-0.25, -0.2) is 0 Å². The summed E-state index contributed by atoms with van der Waals surface area (Å²) in [4.78, 5) is 2.77. The maximum Gasteiger partial charge on any atom is 0.0342 e. The van der Waals surface area contributed by atoms with Gasteiger partial charge in [0.2, 0.25) is 0 Å². The average molecular weight is 272 g/mol. The molecule has 0 saturated carbocycles. The van der Waals surface area contributed by atoms with Gasteiger partial charge in [-0.3, -0.25) is 0 Å². The fraction of sp³-hybridized carbons (Fsp3) is 0.333. The molecular formula is C18H24S. The Hall–Kier alpha value is -1.34. The van der Waals surface area contributed by atoms with Gasteiger partial charge >= 0.3 is 0 Å². The Bertz CT molecular complexity index is 496. The van der Waals surface area contributed by atoms with Crippen LogP contribution < -0.4 is 0 Å². The van der Waals surface area contributed by atoms with E-state index < -0.39 is 0 Å². The van der Waals surface area contributed by atoms with Crippen molar-refractivity contribution in [3.8, 4) is 0 Å². The third kappa shape index (κ3) is 4.68. The first-order valence-corrected chi connectivity index (χ1v) is 7.71. The van der Waals surface area contributed by atoms with E-state index in [0.717, 1.165) is 12.0 Å². The van der Waals surface area contributed by atoms with Gasteiger partial charge in [0.1, 0.15) is 0 Å². The minimum atomic E-state index is 0.597. The predicted molar refractivity (Wildman–Crippen MR) is 89.8 cm³/mol. The molecule has 0 bridgehead atoms. The molecule has 0 aliphatic carbocycles. The van der Waals surface area contributed by atoms with Crippen LogP contribution in [0.15, 0.2) is 54.7 Å². The van der Waals surface area contributed by atoms with Crippen molar-refractivity contribution in [3.63, 3.8) is 0 Å². The number of hydrogen-bond acceptors (Lipinski definition) is 1. The highest BCUT2D eigenvalue weighted by molar-refractivity contribution is 7.13. The molecule has 0 fully saturated rings. The van der Waals surface area contributed by atoms with E-state index in [9.17, 15) is 0 Å². The lowest BCUT2D eigenvalue weighted by Gasteiger charge is -2.01. The standard InChI is InChI=1S/C18H24S/c1-6-9-10-15(7-2)13-16(8-3)18-12-11-17(19-18)14(4)5/h7-14H,2,6H2,1,3-5H3/b10-9+,15-13+,16-8+. The molecule has 0 saturated heterocycles. The quantitative estimate of drug-likeness (QED) is 0.529. The first-order valence-electron chi connectivity index (χ1n) is 6.89. The van der Waals surface area contributed by atoms with Crippen LogP contribution in [0.4, 0.5) is 0 Å². The highest BCUT2D eigenvalue weighted by Gasteiger charge is 2.06. The molecule has 0 N–H and O–H groups in total. The Labute approximate surface area is 121 Å². The van der Waals surface area contributed by atoms with Gasteiger partial charge in [-0.2, -0.15) is 0 Å². The van der Waals surface area contributed by atoms with Crippen molar-refractivity contribution < 1.29 is 0 Å². The summed E-state index contributed by atoms with van der Waals surface area (Å²) in [7, 11) is 0. The van der Waals surface area contributed by atoms with Gasteiger partial charge in [-0.05, 0) is 48.6 Å². The summed E-state index contributed by atoms with van der Waals surface area (Å²) >= 11 is 1.88. The molecule has 0 aliphatic rings. The van der Waals surface area contributed by atoms with Gasteiger partial charge in [0.05, 0.1) is 0 Å². The fourth-order valence-corrected chi connectivity index (χ4v) is 2.78. The van der Waals surface area contributed by atoms with Crippen LogP contribution in [0.1, 0.15) is 49.8 Å². The molecular weight excluding hydrogens is 248 g/mol. The van der Waals surface area contributed by atoms with Gasteiger partial charge in [0.25, 0.3) is 0 Å². The second-order valence-corrected chi connectivity index (χ2v) is 5.88. The number of hydrogen-bond donors (Lipinski definition) is 0. The van der Waals surface area contributed by atoms with Crippen LogP contribution in [0.2, 0.25) is 0 Å². The second kappa shape index (κ2) is 7.96. The van der Waals surface area contributed by atoms with Crippen molar-refractivity contribution in [2.24, 2.45) is 0 Å². The van der Waals surface area contributed by atoms with E-state index in [0.29, 0.717) is 5.92 Å². The smallest absolute Gasteiger partial charge is 0.0342 e. The fourth-order valence-electron chi connectivity index (χ4n) is 1.72. The highest BCUT2D eigenvalue weighted by atomic mass is 32.1. The summed E-state index contributed by atoms with van der Waals surface area (Å²) in [6.45, 7) is 12.6. The number of allylic oxidation sites excluding steroid dienone is 7. The van der Waals surface area contributed by atoms with Crippen molar-refractivity contribution in [1.82, 2.24) is 0 Å². The Balaban J connectivity index is 3.03. The van der Waals surface area contributed by atoms with Crippen LogP contribution in [0.25, 0.3) is 5.57 Å². The first kappa shape index (κ1) is 15.7. The van der Waals surface area contributed by atoms with Gasteiger partial charge in [-0.15, -0.1) is 11.3 Å². The second-order valence-electron chi connectivity index (χ2n) is 4.76. The zero-order chi connectivity index (χ0) is 14.3. The molecule has 0 atom stereocenters. The maximum absolute atomic E-state index is 3.89. The number of rotatable bonds is 6. The summed E-state index contributed by atoms with van der Waals surface area (Å²) in [5, 5.41) is 0. The molecule has 19 heavy (non-hydrogen) atoms. The largest absolute Gasteiger partial charge is 0.140 e. The molecule has 1 heterocycles. The third-order valence-corrected chi connectivity index (χ3v) is 4.33. The molecule has 1 rings (SSSR count). The summed E-state index contributed by atoms with van der Waals surface area (Å²) in [6, 6.07) is 4.45. The van der Waals surface area contributed by atoms with Gasteiger partial charge in [0, 0.05) is 9.75 Å². The molecule has 0 radical (unpaired) electrons. The molecule has 0 aliphatic heterocycles. The van der Waals surface area contributed by atoms with Gasteiger partial charge in [-0.1, -0.05) is 51.7 Å². The topological polar surface area (TPSA) is 0 Å².